The summed E-state index contributed by atoms with van der Waals surface area (Å²) in [4.78, 5) is 0. The Morgan fingerprint density at radius 3 is 2.60 bits per heavy atom. The summed E-state index contributed by atoms with van der Waals surface area (Å²) >= 11 is 0. The first kappa shape index (κ1) is 12.6. The maximum atomic E-state index is 5.90. The molecule has 1 aliphatic heterocycles. The SMILES string of the molecule is C=C(C)C(NN)C1(OCC)CCOCC1. The summed E-state index contributed by atoms with van der Waals surface area (Å²) in [5, 5.41) is 0. The summed E-state index contributed by atoms with van der Waals surface area (Å²) in [5.74, 6) is 5.59. The van der Waals surface area contributed by atoms with Gasteiger partial charge in [0.15, 0.2) is 0 Å². The first-order chi connectivity index (χ1) is 7.16. The molecule has 1 unspecified atom stereocenters. The fourth-order valence-corrected chi connectivity index (χ4v) is 2.26. The summed E-state index contributed by atoms with van der Waals surface area (Å²) < 4.78 is 11.3. The van der Waals surface area contributed by atoms with Crippen molar-refractivity contribution in [1.29, 1.82) is 0 Å². The number of hydrogen-bond donors (Lipinski definition) is 2. The van der Waals surface area contributed by atoms with Gasteiger partial charge in [-0.25, -0.2) is 0 Å². The van der Waals surface area contributed by atoms with Crippen molar-refractivity contribution in [1.82, 2.24) is 5.43 Å². The molecule has 1 fully saturated rings. The number of ether oxygens (including phenoxy) is 2. The average Bonchev–Trinajstić information content (AvgIpc) is 2.19. The van der Waals surface area contributed by atoms with E-state index < -0.39 is 0 Å². The van der Waals surface area contributed by atoms with Gasteiger partial charge in [-0.15, -0.1) is 0 Å². The lowest BCUT2D eigenvalue weighted by Crippen LogP contribution is -2.57. The summed E-state index contributed by atoms with van der Waals surface area (Å²) in [6, 6.07) is 0.00125. The number of hydrazine groups is 1. The maximum Gasteiger partial charge on any atom is 0.0929 e. The Morgan fingerprint density at radius 2 is 2.20 bits per heavy atom. The van der Waals surface area contributed by atoms with Crippen molar-refractivity contribution >= 4 is 0 Å². The molecule has 15 heavy (non-hydrogen) atoms. The highest BCUT2D eigenvalue weighted by molar-refractivity contribution is 5.12. The summed E-state index contributed by atoms with van der Waals surface area (Å²) in [7, 11) is 0. The van der Waals surface area contributed by atoms with Crippen LogP contribution in [0.1, 0.15) is 26.7 Å². The Bertz CT molecular complexity index is 207. The van der Waals surface area contributed by atoms with E-state index in [4.69, 9.17) is 15.3 Å². The van der Waals surface area contributed by atoms with Crippen molar-refractivity contribution in [3.63, 3.8) is 0 Å². The molecule has 1 saturated heterocycles. The van der Waals surface area contributed by atoms with Crippen molar-refractivity contribution in [2.75, 3.05) is 19.8 Å². The van der Waals surface area contributed by atoms with Crippen molar-refractivity contribution in [2.24, 2.45) is 5.84 Å². The molecular formula is C11H22N2O2. The molecule has 0 aromatic heterocycles. The van der Waals surface area contributed by atoms with Crippen LogP contribution in [0.4, 0.5) is 0 Å². The van der Waals surface area contributed by atoms with Crippen LogP contribution >= 0.6 is 0 Å². The third-order valence-corrected chi connectivity index (χ3v) is 2.96. The minimum atomic E-state index is -0.242. The molecule has 0 aliphatic carbocycles. The first-order valence-corrected chi connectivity index (χ1v) is 5.49. The second kappa shape index (κ2) is 5.61. The Morgan fingerprint density at radius 1 is 1.60 bits per heavy atom. The van der Waals surface area contributed by atoms with Crippen LogP contribution in [-0.2, 0) is 9.47 Å². The fraction of sp³-hybridized carbons (Fsp3) is 0.818. The molecule has 0 aromatic rings. The predicted octanol–water partition coefficient (Wildman–Crippen LogP) is 0.980. The van der Waals surface area contributed by atoms with E-state index in [1.165, 1.54) is 0 Å². The largest absolute Gasteiger partial charge is 0.381 e. The van der Waals surface area contributed by atoms with Crippen molar-refractivity contribution in [2.45, 2.75) is 38.3 Å². The van der Waals surface area contributed by atoms with Crippen LogP contribution in [0.3, 0.4) is 0 Å². The third-order valence-electron chi connectivity index (χ3n) is 2.96. The van der Waals surface area contributed by atoms with Gasteiger partial charge in [0, 0.05) is 32.7 Å². The Balaban J connectivity index is 2.81. The van der Waals surface area contributed by atoms with Crippen LogP contribution in [-0.4, -0.2) is 31.5 Å². The van der Waals surface area contributed by atoms with Gasteiger partial charge in [0.05, 0.1) is 11.6 Å². The van der Waals surface area contributed by atoms with Gasteiger partial charge < -0.3 is 9.47 Å². The van der Waals surface area contributed by atoms with E-state index in [0.29, 0.717) is 6.61 Å². The van der Waals surface area contributed by atoms with Gasteiger partial charge >= 0.3 is 0 Å². The van der Waals surface area contributed by atoms with E-state index in [9.17, 15) is 0 Å². The predicted molar refractivity (Wildman–Crippen MR) is 60.3 cm³/mol. The molecule has 0 aromatic carbocycles. The number of nitrogens with one attached hydrogen (secondary N) is 1. The Kier molecular flexibility index (Phi) is 4.73. The molecule has 0 amide bonds. The standard InChI is InChI=1S/C11H22N2O2/c1-4-15-11(5-7-14-8-6-11)10(13-12)9(2)3/h10,13H,2,4-8,12H2,1,3H3. The molecule has 0 spiro atoms. The highest BCUT2D eigenvalue weighted by atomic mass is 16.5. The molecule has 0 bridgehead atoms. The lowest BCUT2D eigenvalue weighted by molar-refractivity contribution is -0.120. The molecular weight excluding hydrogens is 192 g/mol. The van der Waals surface area contributed by atoms with E-state index in [0.717, 1.165) is 31.6 Å². The molecule has 88 valence electrons. The lowest BCUT2D eigenvalue weighted by atomic mass is 9.83. The van der Waals surface area contributed by atoms with Crippen LogP contribution in [0.25, 0.3) is 0 Å². The molecule has 1 rings (SSSR count). The van der Waals surface area contributed by atoms with Gasteiger partial charge in [-0.3, -0.25) is 11.3 Å². The smallest absolute Gasteiger partial charge is 0.0929 e. The quantitative estimate of drug-likeness (QED) is 0.407. The zero-order valence-corrected chi connectivity index (χ0v) is 9.71. The lowest BCUT2D eigenvalue weighted by Gasteiger charge is -2.43. The summed E-state index contributed by atoms with van der Waals surface area (Å²) in [6.45, 7) is 10.1. The van der Waals surface area contributed by atoms with Crippen LogP contribution < -0.4 is 11.3 Å². The summed E-state index contributed by atoms with van der Waals surface area (Å²) in [5.41, 5.74) is 3.58. The first-order valence-electron chi connectivity index (χ1n) is 5.49. The van der Waals surface area contributed by atoms with E-state index in [1.807, 2.05) is 13.8 Å². The molecule has 1 heterocycles. The van der Waals surface area contributed by atoms with Crippen LogP contribution in [0.5, 0.6) is 0 Å². The van der Waals surface area contributed by atoms with Crippen molar-refractivity contribution in [3.05, 3.63) is 12.2 Å². The fourth-order valence-electron chi connectivity index (χ4n) is 2.26. The zero-order valence-electron chi connectivity index (χ0n) is 9.71. The average molecular weight is 214 g/mol. The summed E-state index contributed by atoms with van der Waals surface area (Å²) in [6.07, 6.45) is 1.73. The van der Waals surface area contributed by atoms with Crippen LogP contribution in [0.2, 0.25) is 0 Å². The molecule has 4 heteroatoms. The van der Waals surface area contributed by atoms with E-state index in [1.54, 1.807) is 0 Å². The van der Waals surface area contributed by atoms with E-state index in [2.05, 4.69) is 12.0 Å². The van der Waals surface area contributed by atoms with E-state index >= 15 is 0 Å². The molecule has 1 atom stereocenters. The molecule has 1 aliphatic rings. The van der Waals surface area contributed by atoms with Crippen molar-refractivity contribution in [3.8, 4) is 0 Å². The Hall–Kier alpha value is -0.420. The van der Waals surface area contributed by atoms with Gasteiger partial charge in [0.25, 0.3) is 0 Å². The second-order valence-corrected chi connectivity index (χ2v) is 4.06. The maximum absolute atomic E-state index is 5.90. The monoisotopic (exact) mass is 214 g/mol. The van der Waals surface area contributed by atoms with E-state index in [-0.39, 0.29) is 11.6 Å². The number of nitrogens with two attached hydrogens (primary N) is 1. The topological polar surface area (TPSA) is 56.5 Å². The third kappa shape index (κ3) is 2.78. The normalized spacial score (nSPS) is 22.3. The van der Waals surface area contributed by atoms with Gasteiger partial charge in [-0.1, -0.05) is 12.2 Å². The molecule has 0 radical (unpaired) electrons. The highest BCUT2D eigenvalue weighted by Gasteiger charge is 2.41. The minimum absolute atomic E-state index is 0.00125. The molecule has 4 nitrogen and oxygen atoms in total. The van der Waals surface area contributed by atoms with Gasteiger partial charge in [-0.05, 0) is 13.8 Å². The highest BCUT2D eigenvalue weighted by Crippen LogP contribution is 2.31. The van der Waals surface area contributed by atoms with Gasteiger partial charge in [-0.2, -0.15) is 0 Å². The van der Waals surface area contributed by atoms with Crippen molar-refractivity contribution < 1.29 is 9.47 Å². The van der Waals surface area contributed by atoms with Gasteiger partial charge in [0.1, 0.15) is 0 Å². The van der Waals surface area contributed by atoms with Gasteiger partial charge in [0.2, 0.25) is 0 Å². The second-order valence-electron chi connectivity index (χ2n) is 4.06. The van der Waals surface area contributed by atoms with Crippen LogP contribution in [0.15, 0.2) is 12.2 Å². The molecule has 0 saturated carbocycles. The molecule has 3 N–H and O–H groups in total. The zero-order chi connectivity index (χ0) is 11.3. The van der Waals surface area contributed by atoms with Crippen LogP contribution in [0, 0.1) is 0 Å². The number of rotatable bonds is 5. The Labute approximate surface area is 91.8 Å². The minimum Gasteiger partial charge on any atom is -0.381 e. The number of hydrogen-bond acceptors (Lipinski definition) is 4.